The van der Waals surface area contributed by atoms with Gasteiger partial charge in [-0.25, -0.2) is 13.2 Å². The summed E-state index contributed by atoms with van der Waals surface area (Å²) >= 11 is 0. The zero-order valence-electron chi connectivity index (χ0n) is 10.6. The lowest BCUT2D eigenvalue weighted by atomic mass is 10.1. The van der Waals surface area contributed by atoms with Gasteiger partial charge in [-0.05, 0) is 24.1 Å². The van der Waals surface area contributed by atoms with Crippen LogP contribution in [0.1, 0.15) is 30.6 Å². The van der Waals surface area contributed by atoms with Gasteiger partial charge >= 0.3 is 5.97 Å². The first-order chi connectivity index (χ1) is 8.75. The Hall–Kier alpha value is -1.27. The second kappa shape index (κ2) is 6.25. The minimum atomic E-state index is -3.96. The van der Waals surface area contributed by atoms with Crippen LogP contribution in [0.5, 0.6) is 5.75 Å². The van der Waals surface area contributed by atoms with Crippen molar-refractivity contribution in [2.75, 3.05) is 6.61 Å². The van der Waals surface area contributed by atoms with Crippen LogP contribution in [-0.2, 0) is 9.05 Å². The van der Waals surface area contributed by atoms with E-state index in [0.717, 1.165) is 12.5 Å². The highest BCUT2D eigenvalue weighted by Gasteiger charge is 2.18. The van der Waals surface area contributed by atoms with E-state index in [-0.39, 0.29) is 22.1 Å². The van der Waals surface area contributed by atoms with Gasteiger partial charge in [0, 0.05) is 10.7 Å². The molecule has 0 spiro atoms. The second-order valence-corrected chi connectivity index (χ2v) is 6.79. The summed E-state index contributed by atoms with van der Waals surface area (Å²) in [5, 5.41) is 9.06. The molecule has 0 radical (unpaired) electrons. The summed E-state index contributed by atoms with van der Waals surface area (Å²) in [6.07, 6.45) is 0.899. The third-order valence-corrected chi connectivity index (χ3v) is 4.03. The van der Waals surface area contributed by atoms with Crippen molar-refractivity contribution in [3.05, 3.63) is 23.8 Å². The number of halogens is 1. The quantitative estimate of drug-likeness (QED) is 0.817. The van der Waals surface area contributed by atoms with Crippen molar-refractivity contribution in [2.45, 2.75) is 25.2 Å². The first-order valence-corrected chi connectivity index (χ1v) is 8.01. The van der Waals surface area contributed by atoms with Gasteiger partial charge in [-0.15, -0.1) is 0 Å². The fraction of sp³-hybridized carbons (Fsp3) is 0.417. The van der Waals surface area contributed by atoms with Crippen LogP contribution in [0.4, 0.5) is 0 Å². The SMILES string of the molecule is CCC(C)COc1ccc(S(=O)(=O)Cl)cc1C(=O)O. The molecule has 19 heavy (non-hydrogen) atoms. The predicted octanol–water partition coefficient (Wildman–Crippen LogP) is 2.74. The van der Waals surface area contributed by atoms with Crippen LogP contribution in [0.3, 0.4) is 0 Å². The van der Waals surface area contributed by atoms with Crippen molar-refractivity contribution in [1.29, 1.82) is 0 Å². The Morgan fingerprint density at radius 1 is 1.47 bits per heavy atom. The number of rotatable bonds is 6. The van der Waals surface area contributed by atoms with E-state index in [0.29, 0.717) is 6.61 Å². The van der Waals surface area contributed by atoms with Gasteiger partial charge in [0.1, 0.15) is 11.3 Å². The van der Waals surface area contributed by atoms with Gasteiger partial charge in [0.25, 0.3) is 9.05 Å². The average molecular weight is 307 g/mol. The molecule has 0 bridgehead atoms. The van der Waals surface area contributed by atoms with E-state index in [9.17, 15) is 13.2 Å². The third-order valence-electron chi connectivity index (χ3n) is 2.68. The Morgan fingerprint density at radius 2 is 2.11 bits per heavy atom. The molecule has 0 amide bonds. The number of benzene rings is 1. The van der Waals surface area contributed by atoms with E-state index >= 15 is 0 Å². The average Bonchev–Trinajstić information content (AvgIpc) is 2.34. The first kappa shape index (κ1) is 15.8. The molecule has 0 aliphatic carbocycles. The van der Waals surface area contributed by atoms with Crippen molar-refractivity contribution in [3.63, 3.8) is 0 Å². The van der Waals surface area contributed by atoms with Gasteiger partial charge in [-0.2, -0.15) is 0 Å². The van der Waals surface area contributed by atoms with E-state index in [1.807, 2.05) is 13.8 Å². The molecular weight excluding hydrogens is 292 g/mol. The van der Waals surface area contributed by atoms with Gasteiger partial charge < -0.3 is 9.84 Å². The first-order valence-electron chi connectivity index (χ1n) is 5.70. The summed E-state index contributed by atoms with van der Waals surface area (Å²) in [5.74, 6) is -0.851. The van der Waals surface area contributed by atoms with Crippen molar-refractivity contribution in [2.24, 2.45) is 5.92 Å². The number of hydrogen-bond acceptors (Lipinski definition) is 4. The van der Waals surface area contributed by atoms with Gasteiger partial charge in [0.15, 0.2) is 0 Å². The lowest BCUT2D eigenvalue weighted by Gasteiger charge is -2.13. The highest BCUT2D eigenvalue weighted by molar-refractivity contribution is 8.13. The van der Waals surface area contributed by atoms with Crippen LogP contribution in [0, 0.1) is 5.92 Å². The molecule has 1 aromatic rings. The zero-order valence-corrected chi connectivity index (χ0v) is 12.2. The van der Waals surface area contributed by atoms with Crippen LogP contribution in [-0.4, -0.2) is 26.1 Å². The number of aromatic carboxylic acids is 1. The molecule has 1 atom stereocenters. The van der Waals surface area contributed by atoms with Gasteiger partial charge in [-0.3, -0.25) is 0 Å². The fourth-order valence-electron chi connectivity index (χ4n) is 1.30. The maximum absolute atomic E-state index is 11.2. The van der Waals surface area contributed by atoms with Crippen molar-refractivity contribution >= 4 is 25.7 Å². The van der Waals surface area contributed by atoms with E-state index < -0.39 is 15.0 Å². The van der Waals surface area contributed by atoms with Crippen LogP contribution < -0.4 is 4.74 Å². The van der Waals surface area contributed by atoms with Crippen LogP contribution in [0.15, 0.2) is 23.1 Å². The Balaban J connectivity index is 3.09. The Kier molecular flexibility index (Phi) is 5.20. The van der Waals surface area contributed by atoms with E-state index in [1.165, 1.54) is 12.1 Å². The van der Waals surface area contributed by atoms with E-state index in [2.05, 4.69) is 0 Å². The summed E-state index contributed by atoms with van der Waals surface area (Å²) in [6.45, 7) is 4.33. The molecule has 0 aromatic heterocycles. The molecule has 1 aromatic carbocycles. The minimum Gasteiger partial charge on any atom is -0.492 e. The minimum absolute atomic E-state index is 0.136. The monoisotopic (exact) mass is 306 g/mol. The Morgan fingerprint density at radius 3 is 2.58 bits per heavy atom. The van der Waals surface area contributed by atoms with Crippen LogP contribution in [0.2, 0.25) is 0 Å². The molecule has 0 saturated heterocycles. The van der Waals surface area contributed by atoms with E-state index in [4.69, 9.17) is 20.5 Å². The molecule has 0 fully saturated rings. The summed E-state index contributed by atoms with van der Waals surface area (Å²) in [5.41, 5.74) is -0.218. The third kappa shape index (κ3) is 4.40. The highest BCUT2D eigenvalue weighted by atomic mass is 35.7. The number of hydrogen-bond donors (Lipinski definition) is 1. The van der Waals surface area contributed by atoms with Crippen LogP contribution in [0.25, 0.3) is 0 Å². The molecular formula is C12H15ClO5S. The Labute approximate surface area is 116 Å². The number of carboxylic acid groups (broad SMARTS) is 1. The maximum Gasteiger partial charge on any atom is 0.339 e. The summed E-state index contributed by atoms with van der Waals surface area (Å²) < 4.78 is 27.7. The predicted molar refractivity (Wildman–Crippen MR) is 71.4 cm³/mol. The van der Waals surface area contributed by atoms with Crippen molar-refractivity contribution in [1.82, 2.24) is 0 Å². The zero-order chi connectivity index (χ0) is 14.6. The maximum atomic E-state index is 11.2. The molecule has 1 N–H and O–H groups in total. The van der Waals surface area contributed by atoms with Gasteiger partial charge in [0.05, 0.1) is 11.5 Å². The smallest absolute Gasteiger partial charge is 0.339 e. The standard InChI is InChI=1S/C12H15ClO5S/c1-3-8(2)7-18-11-5-4-9(19(13,16)17)6-10(11)12(14)15/h4-6,8H,3,7H2,1-2H3,(H,14,15). The van der Waals surface area contributed by atoms with Crippen molar-refractivity contribution < 1.29 is 23.1 Å². The molecule has 0 saturated carbocycles. The molecule has 0 heterocycles. The fourth-order valence-corrected chi connectivity index (χ4v) is 2.08. The molecule has 5 nitrogen and oxygen atoms in total. The molecule has 106 valence electrons. The van der Waals surface area contributed by atoms with Crippen LogP contribution >= 0.6 is 10.7 Å². The van der Waals surface area contributed by atoms with E-state index in [1.54, 1.807) is 0 Å². The number of ether oxygens (including phenoxy) is 1. The summed E-state index contributed by atoms with van der Waals surface area (Å²) in [7, 11) is 1.22. The normalized spacial score (nSPS) is 13.0. The molecule has 1 rings (SSSR count). The highest BCUT2D eigenvalue weighted by Crippen LogP contribution is 2.25. The largest absolute Gasteiger partial charge is 0.492 e. The molecule has 1 unspecified atom stereocenters. The molecule has 0 aliphatic rings. The number of carbonyl (C=O) groups is 1. The Bertz CT molecular complexity index is 567. The van der Waals surface area contributed by atoms with Crippen molar-refractivity contribution in [3.8, 4) is 5.75 Å². The summed E-state index contributed by atoms with van der Waals surface area (Å²) in [6, 6.07) is 3.53. The lowest BCUT2D eigenvalue weighted by Crippen LogP contribution is -2.10. The lowest BCUT2D eigenvalue weighted by molar-refractivity contribution is 0.0691. The second-order valence-electron chi connectivity index (χ2n) is 4.23. The summed E-state index contributed by atoms with van der Waals surface area (Å²) in [4.78, 5) is 10.8. The number of carboxylic acids is 1. The molecule has 0 aliphatic heterocycles. The van der Waals surface area contributed by atoms with Gasteiger partial charge in [-0.1, -0.05) is 20.3 Å². The topological polar surface area (TPSA) is 80.7 Å². The molecule has 7 heteroatoms. The van der Waals surface area contributed by atoms with Gasteiger partial charge in [0.2, 0.25) is 0 Å².